The van der Waals surface area contributed by atoms with E-state index in [0.29, 0.717) is 38.3 Å². The van der Waals surface area contributed by atoms with Crippen LogP contribution in [0, 0.1) is 0 Å². The van der Waals surface area contributed by atoms with Crippen LogP contribution in [0.1, 0.15) is 34.4 Å². The number of furan rings is 1. The van der Waals surface area contributed by atoms with Gasteiger partial charge in [-0.3, -0.25) is 4.68 Å². The summed E-state index contributed by atoms with van der Waals surface area (Å²) in [5.74, 6) is -1.84. The molecule has 3 heterocycles. The SMILES string of the molecule is CCOC(=O)c1oc2c(c1C(F)(F)F)-c1nn(C[C@H]3COCCO3)cc1CC2. The number of carbonyl (C=O) groups excluding carboxylic acids is 1. The first-order valence-corrected chi connectivity index (χ1v) is 9.04. The Hall–Kier alpha value is -2.33. The summed E-state index contributed by atoms with van der Waals surface area (Å²) < 4.78 is 64.0. The van der Waals surface area contributed by atoms with Crippen LogP contribution >= 0.6 is 0 Å². The Balaban J connectivity index is 1.74. The van der Waals surface area contributed by atoms with E-state index in [-0.39, 0.29) is 36.1 Å². The van der Waals surface area contributed by atoms with Gasteiger partial charge in [0.15, 0.2) is 0 Å². The van der Waals surface area contributed by atoms with Crippen molar-refractivity contribution in [3.05, 3.63) is 28.8 Å². The Labute approximate surface area is 158 Å². The quantitative estimate of drug-likeness (QED) is 0.735. The molecule has 152 valence electrons. The molecular formula is C18H19F3N2O5. The first-order chi connectivity index (χ1) is 13.4. The molecule has 7 nitrogen and oxygen atoms in total. The van der Waals surface area contributed by atoms with Crippen LogP contribution in [0.4, 0.5) is 13.2 Å². The van der Waals surface area contributed by atoms with Crippen LogP contribution in [0.5, 0.6) is 0 Å². The molecule has 0 aromatic carbocycles. The van der Waals surface area contributed by atoms with Crippen LogP contribution in [0.15, 0.2) is 10.6 Å². The number of aryl methyl sites for hydroxylation is 2. The zero-order chi connectivity index (χ0) is 19.9. The second-order valence-corrected chi connectivity index (χ2v) is 6.62. The summed E-state index contributed by atoms with van der Waals surface area (Å²) >= 11 is 0. The van der Waals surface area contributed by atoms with Gasteiger partial charge in [0.25, 0.3) is 0 Å². The zero-order valence-electron chi connectivity index (χ0n) is 15.2. The van der Waals surface area contributed by atoms with Gasteiger partial charge in [-0.15, -0.1) is 0 Å². The molecule has 2 aromatic rings. The molecule has 4 rings (SSSR count). The molecule has 1 fully saturated rings. The fraction of sp³-hybridized carbons (Fsp3) is 0.556. The smallest absolute Gasteiger partial charge is 0.421 e. The van der Waals surface area contributed by atoms with Crippen molar-refractivity contribution < 1.29 is 36.6 Å². The molecule has 0 amide bonds. The normalized spacial score (nSPS) is 19.2. The standard InChI is InChI=1S/C18H19F3N2O5/c1-2-26-17(24)16-14(18(19,20)21)13-12(28-16)4-3-10-7-23(22-15(10)13)8-11-9-25-5-6-27-11/h7,11H,2-6,8-9H2,1H3/t11-/m0/s1. The van der Waals surface area contributed by atoms with Crippen LogP contribution in [0.2, 0.25) is 0 Å². The number of halogens is 3. The average Bonchev–Trinajstić information content (AvgIpc) is 3.22. The number of fused-ring (bicyclic) bond motifs is 3. The molecule has 1 atom stereocenters. The third-order valence-electron chi connectivity index (χ3n) is 4.70. The number of rotatable bonds is 4. The van der Waals surface area contributed by atoms with Crippen molar-refractivity contribution in [3.63, 3.8) is 0 Å². The number of alkyl halides is 3. The minimum Gasteiger partial charge on any atom is -0.460 e. The summed E-state index contributed by atoms with van der Waals surface area (Å²) in [7, 11) is 0. The number of aromatic nitrogens is 2. The highest BCUT2D eigenvalue weighted by atomic mass is 19.4. The van der Waals surface area contributed by atoms with Crippen molar-refractivity contribution in [3.8, 4) is 11.3 Å². The fourth-order valence-electron chi connectivity index (χ4n) is 3.56. The van der Waals surface area contributed by atoms with Gasteiger partial charge in [-0.2, -0.15) is 18.3 Å². The Morgan fingerprint density at radius 2 is 2.18 bits per heavy atom. The summed E-state index contributed by atoms with van der Waals surface area (Å²) in [6, 6.07) is 0. The number of ether oxygens (including phenoxy) is 3. The van der Waals surface area contributed by atoms with Gasteiger partial charge in [-0.05, 0) is 18.9 Å². The molecule has 2 aliphatic rings. The number of hydrogen-bond donors (Lipinski definition) is 0. The lowest BCUT2D eigenvalue weighted by atomic mass is 9.93. The number of esters is 1. The molecule has 0 unspecified atom stereocenters. The van der Waals surface area contributed by atoms with Gasteiger partial charge in [0.1, 0.15) is 17.4 Å². The van der Waals surface area contributed by atoms with Gasteiger partial charge < -0.3 is 18.6 Å². The molecule has 0 spiro atoms. The van der Waals surface area contributed by atoms with Crippen molar-refractivity contribution in [1.29, 1.82) is 0 Å². The molecule has 2 aromatic heterocycles. The lowest BCUT2D eigenvalue weighted by Gasteiger charge is -2.22. The lowest BCUT2D eigenvalue weighted by Crippen LogP contribution is -2.32. The summed E-state index contributed by atoms with van der Waals surface area (Å²) in [5.41, 5.74) is -0.434. The number of carbonyl (C=O) groups is 1. The van der Waals surface area contributed by atoms with E-state index in [1.54, 1.807) is 10.9 Å². The topological polar surface area (TPSA) is 75.7 Å². The molecule has 0 saturated carbocycles. The highest BCUT2D eigenvalue weighted by Crippen LogP contribution is 2.46. The van der Waals surface area contributed by atoms with Crippen LogP contribution in [-0.2, 0) is 39.8 Å². The first-order valence-electron chi connectivity index (χ1n) is 9.04. The van der Waals surface area contributed by atoms with Crippen LogP contribution in [0.25, 0.3) is 11.3 Å². The molecule has 28 heavy (non-hydrogen) atoms. The summed E-state index contributed by atoms with van der Waals surface area (Å²) in [6.07, 6.45) is -2.56. The predicted molar refractivity (Wildman–Crippen MR) is 88.9 cm³/mol. The molecule has 10 heteroatoms. The number of hydrogen-bond acceptors (Lipinski definition) is 6. The van der Waals surface area contributed by atoms with Gasteiger partial charge in [0.2, 0.25) is 5.76 Å². The molecule has 0 N–H and O–H groups in total. The van der Waals surface area contributed by atoms with Crippen molar-refractivity contribution in [2.24, 2.45) is 0 Å². The molecule has 0 radical (unpaired) electrons. The summed E-state index contributed by atoms with van der Waals surface area (Å²) in [5, 5.41) is 4.35. The van der Waals surface area contributed by atoms with Crippen LogP contribution in [0.3, 0.4) is 0 Å². The Morgan fingerprint density at radius 3 is 2.86 bits per heavy atom. The second kappa shape index (κ2) is 7.25. The van der Waals surface area contributed by atoms with Gasteiger partial charge in [-0.25, -0.2) is 4.79 Å². The number of nitrogens with zero attached hydrogens (tertiary/aromatic N) is 2. The largest absolute Gasteiger partial charge is 0.460 e. The maximum absolute atomic E-state index is 13.8. The second-order valence-electron chi connectivity index (χ2n) is 6.62. The van der Waals surface area contributed by atoms with Crippen molar-refractivity contribution in [2.45, 2.75) is 38.6 Å². The minimum absolute atomic E-state index is 0.0508. The maximum Gasteiger partial charge on any atom is 0.421 e. The monoisotopic (exact) mass is 400 g/mol. The van der Waals surface area contributed by atoms with Gasteiger partial charge in [0, 0.05) is 12.6 Å². The van der Waals surface area contributed by atoms with E-state index < -0.39 is 23.5 Å². The van der Waals surface area contributed by atoms with E-state index >= 15 is 0 Å². The zero-order valence-corrected chi connectivity index (χ0v) is 15.2. The van der Waals surface area contributed by atoms with E-state index in [9.17, 15) is 18.0 Å². The van der Waals surface area contributed by atoms with Gasteiger partial charge >= 0.3 is 12.1 Å². The fourth-order valence-corrected chi connectivity index (χ4v) is 3.56. The Morgan fingerprint density at radius 1 is 1.36 bits per heavy atom. The van der Waals surface area contributed by atoms with E-state index in [2.05, 4.69) is 5.10 Å². The molecule has 1 aliphatic carbocycles. The molecular weight excluding hydrogens is 381 g/mol. The highest BCUT2D eigenvalue weighted by Gasteiger charge is 2.45. The third kappa shape index (κ3) is 3.42. The van der Waals surface area contributed by atoms with E-state index in [1.807, 2.05) is 0 Å². The van der Waals surface area contributed by atoms with E-state index in [0.717, 1.165) is 0 Å². The Bertz CT molecular complexity index is 881. The summed E-state index contributed by atoms with van der Waals surface area (Å²) in [4.78, 5) is 12.0. The molecule has 0 bridgehead atoms. The minimum atomic E-state index is -4.78. The highest BCUT2D eigenvalue weighted by molar-refractivity contribution is 5.92. The first kappa shape index (κ1) is 19.0. The van der Waals surface area contributed by atoms with Gasteiger partial charge in [0.05, 0.1) is 44.2 Å². The van der Waals surface area contributed by atoms with Gasteiger partial charge in [-0.1, -0.05) is 0 Å². The maximum atomic E-state index is 13.8. The van der Waals surface area contributed by atoms with Crippen LogP contribution < -0.4 is 0 Å². The summed E-state index contributed by atoms with van der Waals surface area (Å²) in [6.45, 7) is 3.24. The predicted octanol–water partition coefficient (Wildman–Crippen LogP) is 2.85. The Kier molecular flexibility index (Phi) is 4.92. The van der Waals surface area contributed by atoms with E-state index in [1.165, 1.54) is 6.92 Å². The van der Waals surface area contributed by atoms with Crippen molar-refractivity contribution in [1.82, 2.24) is 9.78 Å². The average molecular weight is 400 g/mol. The van der Waals surface area contributed by atoms with Crippen molar-refractivity contribution >= 4 is 5.97 Å². The third-order valence-corrected chi connectivity index (χ3v) is 4.70. The lowest BCUT2D eigenvalue weighted by molar-refractivity contribution is -0.138. The van der Waals surface area contributed by atoms with Crippen molar-refractivity contribution in [2.75, 3.05) is 26.4 Å². The van der Waals surface area contributed by atoms with Crippen LogP contribution in [-0.4, -0.2) is 48.3 Å². The molecule has 1 aliphatic heterocycles. The van der Waals surface area contributed by atoms with E-state index in [4.69, 9.17) is 18.6 Å². The molecule has 1 saturated heterocycles.